The minimum Gasteiger partial charge on any atom is -0.408 e. The lowest BCUT2D eigenvalue weighted by molar-refractivity contribution is -0.121. The van der Waals surface area contributed by atoms with Crippen molar-refractivity contribution in [1.82, 2.24) is 14.9 Å². The van der Waals surface area contributed by atoms with Crippen LogP contribution in [0.3, 0.4) is 0 Å². The van der Waals surface area contributed by atoms with E-state index in [4.69, 9.17) is 16.0 Å². The lowest BCUT2D eigenvalue weighted by atomic mass is 10.2. The maximum absolute atomic E-state index is 12.1. The molecule has 0 aliphatic heterocycles. The highest BCUT2D eigenvalue weighted by Crippen LogP contribution is 2.18. The molecule has 132 valence electrons. The number of carbonyl (C=O) groups is 1. The van der Waals surface area contributed by atoms with Crippen LogP contribution < -0.4 is 11.1 Å². The summed E-state index contributed by atoms with van der Waals surface area (Å²) >= 11 is 5.90. The van der Waals surface area contributed by atoms with Crippen LogP contribution in [0, 0.1) is 0 Å². The third-order valence-corrected chi connectivity index (χ3v) is 4.49. The molecule has 7 heteroatoms. The molecule has 0 spiro atoms. The summed E-state index contributed by atoms with van der Waals surface area (Å²) in [5.41, 5.74) is 3.01. The lowest BCUT2D eigenvalue weighted by Crippen LogP contribution is -2.25. The molecule has 6 nitrogen and oxygen atoms in total. The van der Waals surface area contributed by atoms with Crippen LogP contribution in [0.4, 0.5) is 0 Å². The topological polar surface area (TPSA) is 80.0 Å². The average molecular weight is 370 g/mol. The molecule has 0 radical (unpaired) electrons. The van der Waals surface area contributed by atoms with Gasteiger partial charge in [-0.1, -0.05) is 29.8 Å². The van der Waals surface area contributed by atoms with E-state index in [-0.39, 0.29) is 18.9 Å². The van der Waals surface area contributed by atoms with Crippen molar-refractivity contribution < 1.29 is 9.21 Å². The number of aromatic nitrogens is 2. The van der Waals surface area contributed by atoms with E-state index in [1.807, 2.05) is 30.3 Å². The fourth-order valence-electron chi connectivity index (χ4n) is 2.98. The summed E-state index contributed by atoms with van der Waals surface area (Å²) in [6, 6.07) is 14.9. The predicted molar refractivity (Wildman–Crippen MR) is 100 cm³/mol. The number of nitrogens with zero attached hydrogens (tertiary/aromatic N) is 1. The van der Waals surface area contributed by atoms with Gasteiger partial charge >= 0.3 is 5.76 Å². The van der Waals surface area contributed by atoms with Crippen molar-refractivity contribution in [3.8, 4) is 0 Å². The fourth-order valence-corrected chi connectivity index (χ4v) is 3.14. The lowest BCUT2D eigenvalue weighted by Gasteiger charge is -2.04. The van der Waals surface area contributed by atoms with Gasteiger partial charge in [-0.25, -0.2) is 4.79 Å². The van der Waals surface area contributed by atoms with Gasteiger partial charge in [-0.15, -0.1) is 0 Å². The van der Waals surface area contributed by atoms with E-state index in [1.54, 1.807) is 18.2 Å². The Morgan fingerprint density at radius 1 is 1.19 bits per heavy atom. The van der Waals surface area contributed by atoms with Gasteiger partial charge in [0, 0.05) is 35.3 Å². The third-order valence-electron chi connectivity index (χ3n) is 4.25. The molecule has 2 N–H and O–H groups in total. The molecule has 2 heterocycles. The zero-order valence-corrected chi connectivity index (χ0v) is 14.5. The number of benzene rings is 2. The number of aromatic amines is 1. The van der Waals surface area contributed by atoms with Crippen LogP contribution >= 0.6 is 11.6 Å². The van der Waals surface area contributed by atoms with E-state index in [2.05, 4.69) is 10.3 Å². The highest BCUT2D eigenvalue weighted by molar-refractivity contribution is 6.31. The van der Waals surface area contributed by atoms with Crippen LogP contribution in [0.25, 0.3) is 22.0 Å². The maximum atomic E-state index is 12.1. The maximum Gasteiger partial charge on any atom is 0.419 e. The minimum absolute atomic E-state index is 0.140. The quantitative estimate of drug-likeness (QED) is 0.565. The van der Waals surface area contributed by atoms with Crippen molar-refractivity contribution in [2.75, 3.05) is 0 Å². The molecule has 0 aliphatic rings. The van der Waals surface area contributed by atoms with Gasteiger partial charge in [-0.05, 0) is 29.7 Å². The van der Waals surface area contributed by atoms with Crippen LogP contribution in [-0.2, 0) is 17.9 Å². The van der Waals surface area contributed by atoms with Gasteiger partial charge in [0.05, 0.1) is 12.1 Å². The van der Waals surface area contributed by atoms with Gasteiger partial charge in [0.25, 0.3) is 0 Å². The minimum atomic E-state index is -0.495. The number of para-hydroxylation sites is 1. The number of aryl methyl sites for hydroxylation is 1. The SMILES string of the molecule is O=C(CCn1c(=O)oc2cc(Cl)ccc21)NCc1cc2ccccc2[nH]1. The van der Waals surface area contributed by atoms with E-state index in [9.17, 15) is 9.59 Å². The summed E-state index contributed by atoms with van der Waals surface area (Å²) in [4.78, 5) is 27.4. The van der Waals surface area contributed by atoms with Gasteiger partial charge < -0.3 is 14.7 Å². The Bertz CT molecular complexity index is 1120. The molecule has 0 unspecified atom stereocenters. The fraction of sp³-hybridized carbons (Fsp3) is 0.158. The standard InChI is InChI=1S/C19H16ClN3O3/c20-13-5-6-16-17(10-13)26-19(25)23(16)8-7-18(24)21-11-14-9-12-3-1-2-4-15(12)22-14/h1-6,9-10,22H,7-8,11H2,(H,21,24). The van der Waals surface area contributed by atoms with Crippen LogP contribution in [0.1, 0.15) is 12.1 Å². The number of halogens is 1. The number of hydrogen-bond acceptors (Lipinski definition) is 3. The normalized spacial score (nSPS) is 11.3. The van der Waals surface area contributed by atoms with Gasteiger partial charge in [0.2, 0.25) is 5.91 Å². The van der Waals surface area contributed by atoms with Crippen molar-refractivity contribution in [2.24, 2.45) is 0 Å². The monoisotopic (exact) mass is 369 g/mol. The zero-order chi connectivity index (χ0) is 18.1. The van der Waals surface area contributed by atoms with E-state index in [0.29, 0.717) is 22.7 Å². The molecule has 4 aromatic rings. The first-order chi connectivity index (χ1) is 12.6. The molecular weight excluding hydrogens is 354 g/mol. The summed E-state index contributed by atoms with van der Waals surface area (Å²) in [6.45, 7) is 0.649. The first-order valence-corrected chi connectivity index (χ1v) is 8.60. The molecule has 2 aromatic heterocycles. The molecule has 0 atom stereocenters. The molecule has 0 bridgehead atoms. The Labute approximate surface area is 153 Å². The smallest absolute Gasteiger partial charge is 0.408 e. The highest BCUT2D eigenvalue weighted by atomic mass is 35.5. The number of fused-ring (bicyclic) bond motifs is 2. The van der Waals surface area contributed by atoms with E-state index in [0.717, 1.165) is 16.6 Å². The number of nitrogens with one attached hydrogen (secondary N) is 2. The Morgan fingerprint density at radius 3 is 2.88 bits per heavy atom. The molecule has 0 saturated heterocycles. The third kappa shape index (κ3) is 3.23. The molecule has 1 amide bonds. The molecule has 0 fully saturated rings. The van der Waals surface area contributed by atoms with Crippen molar-refractivity contribution in [2.45, 2.75) is 19.5 Å². The summed E-state index contributed by atoms with van der Waals surface area (Å²) in [5, 5.41) is 4.46. The van der Waals surface area contributed by atoms with Crippen molar-refractivity contribution >= 4 is 39.5 Å². The molecule has 26 heavy (non-hydrogen) atoms. The number of amides is 1. The Hall–Kier alpha value is -2.99. The molecule has 0 saturated carbocycles. The number of H-pyrrole nitrogens is 1. The van der Waals surface area contributed by atoms with Gasteiger partial charge in [-0.2, -0.15) is 0 Å². The summed E-state index contributed by atoms with van der Waals surface area (Å²) in [6.07, 6.45) is 0.178. The van der Waals surface area contributed by atoms with E-state index >= 15 is 0 Å². The van der Waals surface area contributed by atoms with Crippen molar-refractivity contribution in [3.05, 3.63) is 69.8 Å². The Kier molecular flexibility index (Phi) is 4.26. The van der Waals surface area contributed by atoms with E-state index < -0.39 is 5.76 Å². The second kappa shape index (κ2) is 6.72. The predicted octanol–water partition coefficient (Wildman–Crippen LogP) is 3.44. The largest absolute Gasteiger partial charge is 0.419 e. The van der Waals surface area contributed by atoms with Gasteiger partial charge in [0.15, 0.2) is 5.58 Å². The zero-order valence-electron chi connectivity index (χ0n) is 13.8. The van der Waals surface area contributed by atoms with Crippen LogP contribution in [0.5, 0.6) is 0 Å². The van der Waals surface area contributed by atoms with Crippen molar-refractivity contribution in [1.29, 1.82) is 0 Å². The van der Waals surface area contributed by atoms with Crippen LogP contribution in [-0.4, -0.2) is 15.5 Å². The van der Waals surface area contributed by atoms with Crippen LogP contribution in [0.2, 0.25) is 5.02 Å². The summed E-state index contributed by atoms with van der Waals surface area (Å²) in [5.74, 6) is -0.635. The summed E-state index contributed by atoms with van der Waals surface area (Å²) < 4.78 is 6.60. The van der Waals surface area contributed by atoms with Gasteiger partial charge in [-0.3, -0.25) is 9.36 Å². The number of rotatable bonds is 5. The number of hydrogen-bond donors (Lipinski definition) is 2. The van der Waals surface area contributed by atoms with Crippen LogP contribution in [0.15, 0.2) is 57.7 Å². The first-order valence-electron chi connectivity index (χ1n) is 8.22. The second-order valence-corrected chi connectivity index (χ2v) is 6.48. The number of carbonyl (C=O) groups excluding carboxylic acids is 1. The first kappa shape index (κ1) is 16.5. The second-order valence-electron chi connectivity index (χ2n) is 6.04. The number of oxazole rings is 1. The summed E-state index contributed by atoms with van der Waals surface area (Å²) in [7, 11) is 0. The molecule has 0 aliphatic carbocycles. The van der Waals surface area contributed by atoms with Crippen molar-refractivity contribution in [3.63, 3.8) is 0 Å². The highest BCUT2D eigenvalue weighted by Gasteiger charge is 2.11. The Balaban J connectivity index is 1.39. The average Bonchev–Trinajstić information content (AvgIpc) is 3.17. The molecule has 2 aromatic carbocycles. The Morgan fingerprint density at radius 2 is 2.04 bits per heavy atom. The van der Waals surface area contributed by atoms with Gasteiger partial charge in [0.1, 0.15) is 0 Å². The van der Waals surface area contributed by atoms with E-state index in [1.165, 1.54) is 4.57 Å². The molecular formula is C19H16ClN3O3. The molecule has 4 rings (SSSR count).